The van der Waals surface area contributed by atoms with Gasteiger partial charge < -0.3 is 9.88 Å². The van der Waals surface area contributed by atoms with Crippen molar-refractivity contribution in [1.29, 1.82) is 0 Å². The van der Waals surface area contributed by atoms with Gasteiger partial charge in [-0.2, -0.15) is 0 Å². The van der Waals surface area contributed by atoms with Crippen LogP contribution in [-0.2, 0) is 4.79 Å². The third-order valence-corrected chi connectivity index (χ3v) is 7.07. The normalized spacial score (nSPS) is 14.5. The predicted octanol–water partition coefficient (Wildman–Crippen LogP) is 4.88. The third kappa shape index (κ3) is 3.62. The first-order valence-corrected chi connectivity index (χ1v) is 11.5. The number of hydrogen-bond acceptors (Lipinski definition) is 5. The Morgan fingerprint density at radius 1 is 1.10 bits per heavy atom. The summed E-state index contributed by atoms with van der Waals surface area (Å²) >= 11 is 3.02. The van der Waals surface area contributed by atoms with Crippen LogP contribution >= 0.6 is 22.7 Å². The monoisotopic (exact) mass is 433 g/mol. The van der Waals surface area contributed by atoms with Gasteiger partial charge in [0.15, 0.2) is 0 Å². The van der Waals surface area contributed by atoms with E-state index in [0.29, 0.717) is 21.6 Å². The van der Waals surface area contributed by atoms with E-state index in [1.54, 1.807) is 11.3 Å². The Balaban J connectivity index is 1.62. The van der Waals surface area contributed by atoms with E-state index in [1.165, 1.54) is 11.3 Å². The zero-order valence-electron chi connectivity index (χ0n) is 16.1. The molecule has 0 saturated carbocycles. The lowest BCUT2D eigenvalue weighted by molar-refractivity contribution is -0.123. The lowest BCUT2D eigenvalue weighted by Gasteiger charge is -2.17. The molecule has 0 radical (unpaired) electrons. The van der Waals surface area contributed by atoms with Gasteiger partial charge in [-0.05, 0) is 42.0 Å². The number of nitrogens with zero attached hydrogens (tertiary/aromatic N) is 2. The molecule has 30 heavy (non-hydrogen) atoms. The number of amides is 1. The van der Waals surface area contributed by atoms with Crippen molar-refractivity contribution in [3.63, 3.8) is 0 Å². The van der Waals surface area contributed by atoms with Crippen LogP contribution in [0.5, 0.6) is 0 Å². The first kappa shape index (κ1) is 19.0. The van der Waals surface area contributed by atoms with Crippen LogP contribution in [0.3, 0.4) is 0 Å². The van der Waals surface area contributed by atoms with Gasteiger partial charge in [0.2, 0.25) is 0 Å². The summed E-state index contributed by atoms with van der Waals surface area (Å²) in [6.45, 7) is 1.48. The maximum absolute atomic E-state index is 13.2. The highest BCUT2D eigenvalue weighted by atomic mass is 32.1. The van der Waals surface area contributed by atoms with Gasteiger partial charge in [-0.1, -0.05) is 36.4 Å². The molecule has 0 spiro atoms. The van der Waals surface area contributed by atoms with Crippen LogP contribution in [0.2, 0.25) is 0 Å². The maximum atomic E-state index is 13.2. The van der Waals surface area contributed by atoms with E-state index in [4.69, 9.17) is 4.98 Å². The topological polar surface area (TPSA) is 66.1 Å². The number of aromatic amines is 1. The molecule has 0 aliphatic carbocycles. The Hall–Kier alpha value is -3.03. The van der Waals surface area contributed by atoms with Crippen LogP contribution in [-0.4, -0.2) is 33.9 Å². The second-order valence-corrected chi connectivity index (χ2v) is 9.19. The Labute approximate surface area is 181 Å². The number of carbonyl (C=O) groups excluding carboxylic acids is 1. The average molecular weight is 434 g/mol. The van der Waals surface area contributed by atoms with Crippen molar-refractivity contribution in [2.75, 3.05) is 13.1 Å². The van der Waals surface area contributed by atoms with Gasteiger partial charge in [0.25, 0.3) is 11.5 Å². The SMILES string of the molecule is O=C(C(=Cc1cccs1)c1nc2sc(-c3ccccc3)cc2c(=O)[nH]1)N1CCCC1. The third-order valence-electron chi connectivity index (χ3n) is 5.17. The summed E-state index contributed by atoms with van der Waals surface area (Å²) in [5.41, 5.74) is 1.26. The van der Waals surface area contributed by atoms with Crippen LogP contribution in [0.25, 0.3) is 32.3 Å². The molecule has 0 unspecified atom stereocenters. The van der Waals surface area contributed by atoms with Gasteiger partial charge in [0.1, 0.15) is 10.7 Å². The van der Waals surface area contributed by atoms with Gasteiger partial charge in [0, 0.05) is 22.8 Å². The van der Waals surface area contributed by atoms with Crippen molar-refractivity contribution in [3.05, 3.63) is 75.0 Å². The summed E-state index contributed by atoms with van der Waals surface area (Å²) in [4.78, 5) is 38.1. The molecule has 1 aromatic carbocycles. The van der Waals surface area contributed by atoms with Crippen molar-refractivity contribution >= 4 is 50.4 Å². The average Bonchev–Trinajstić information content (AvgIpc) is 3.54. The van der Waals surface area contributed by atoms with Crippen LogP contribution in [0.4, 0.5) is 0 Å². The lowest BCUT2D eigenvalue weighted by atomic mass is 10.1. The molecular formula is C23H19N3O2S2. The minimum absolute atomic E-state index is 0.0803. The number of carbonyl (C=O) groups is 1. The van der Waals surface area contributed by atoms with Gasteiger partial charge in [-0.25, -0.2) is 4.98 Å². The fraction of sp³-hybridized carbons (Fsp3) is 0.174. The van der Waals surface area contributed by atoms with E-state index in [9.17, 15) is 9.59 Å². The highest BCUT2D eigenvalue weighted by Crippen LogP contribution is 2.32. The molecule has 0 bridgehead atoms. The predicted molar refractivity (Wildman–Crippen MR) is 124 cm³/mol. The molecule has 1 aliphatic heterocycles. The van der Waals surface area contributed by atoms with Gasteiger partial charge in [0.05, 0.1) is 11.0 Å². The molecule has 5 nitrogen and oxygen atoms in total. The molecule has 1 saturated heterocycles. The standard InChI is InChI=1S/C23H19N3O2S2/c27-21-18-14-19(15-7-2-1-3-8-15)30-22(18)25-20(24-21)17(13-16-9-6-12-29-16)23(28)26-10-4-5-11-26/h1-3,6-9,12-14H,4-5,10-11H2,(H,24,25,27). The molecule has 0 atom stereocenters. The number of fused-ring (bicyclic) bond motifs is 1. The largest absolute Gasteiger partial charge is 0.339 e. The number of H-pyrrole nitrogens is 1. The second kappa shape index (κ2) is 8.01. The van der Waals surface area contributed by atoms with E-state index in [1.807, 2.05) is 64.9 Å². The highest BCUT2D eigenvalue weighted by molar-refractivity contribution is 7.21. The van der Waals surface area contributed by atoms with Gasteiger partial charge >= 0.3 is 0 Å². The van der Waals surface area contributed by atoms with Crippen LogP contribution < -0.4 is 5.56 Å². The van der Waals surface area contributed by atoms with Crippen LogP contribution in [0.15, 0.2) is 58.7 Å². The molecule has 4 aromatic rings. The number of nitrogens with one attached hydrogen (secondary N) is 1. The molecule has 1 aliphatic rings. The summed E-state index contributed by atoms with van der Waals surface area (Å²) in [6, 6.07) is 15.7. The molecule has 1 fully saturated rings. The molecule has 7 heteroatoms. The van der Waals surface area contributed by atoms with Crippen molar-refractivity contribution in [2.45, 2.75) is 12.8 Å². The number of likely N-dealkylation sites (tertiary alicyclic amines) is 1. The van der Waals surface area contributed by atoms with Gasteiger partial charge in [-0.3, -0.25) is 9.59 Å². The molecule has 4 heterocycles. The summed E-state index contributed by atoms with van der Waals surface area (Å²) < 4.78 is 0. The summed E-state index contributed by atoms with van der Waals surface area (Å²) in [7, 11) is 0. The summed E-state index contributed by atoms with van der Waals surface area (Å²) in [5, 5.41) is 2.51. The molecular weight excluding hydrogens is 414 g/mol. The van der Waals surface area contributed by atoms with Crippen LogP contribution in [0, 0.1) is 0 Å². The zero-order chi connectivity index (χ0) is 20.5. The molecule has 1 N–H and O–H groups in total. The van der Waals surface area contributed by atoms with Crippen LogP contribution in [0.1, 0.15) is 23.5 Å². The fourth-order valence-corrected chi connectivity index (χ4v) is 5.34. The van der Waals surface area contributed by atoms with E-state index in [0.717, 1.165) is 41.2 Å². The number of aromatic nitrogens is 2. The first-order valence-electron chi connectivity index (χ1n) is 9.83. The highest BCUT2D eigenvalue weighted by Gasteiger charge is 2.25. The van der Waals surface area contributed by atoms with Gasteiger partial charge in [-0.15, -0.1) is 22.7 Å². The Kier molecular flexibility index (Phi) is 5.06. The van der Waals surface area contributed by atoms with Crippen molar-refractivity contribution in [1.82, 2.24) is 14.9 Å². The van der Waals surface area contributed by atoms with Crippen molar-refractivity contribution < 1.29 is 4.79 Å². The van der Waals surface area contributed by atoms with E-state index in [2.05, 4.69) is 4.98 Å². The Morgan fingerprint density at radius 2 is 1.90 bits per heavy atom. The number of benzene rings is 1. The minimum Gasteiger partial charge on any atom is -0.339 e. The quantitative estimate of drug-likeness (QED) is 0.467. The second-order valence-electron chi connectivity index (χ2n) is 7.18. The van der Waals surface area contributed by atoms with Crippen molar-refractivity contribution in [3.8, 4) is 10.4 Å². The maximum Gasteiger partial charge on any atom is 0.259 e. The molecule has 1 amide bonds. The minimum atomic E-state index is -0.222. The molecule has 5 rings (SSSR count). The number of rotatable bonds is 4. The Bertz CT molecular complexity index is 1280. The summed E-state index contributed by atoms with van der Waals surface area (Å²) in [6.07, 6.45) is 3.85. The molecule has 3 aromatic heterocycles. The van der Waals surface area contributed by atoms with E-state index in [-0.39, 0.29) is 11.5 Å². The number of hydrogen-bond donors (Lipinski definition) is 1. The smallest absolute Gasteiger partial charge is 0.259 e. The van der Waals surface area contributed by atoms with E-state index < -0.39 is 0 Å². The zero-order valence-corrected chi connectivity index (χ0v) is 17.8. The summed E-state index contributed by atoms with van der Waals surface area (Å²) in [5.74, 6) is 0.252. The number of thiophene rings is 2. The van der Waals surface area contributed by atoms with E-state index >= 15 is 0 Å². The van der Waals surface area contributed by atoms with Crippen molar-refractivity contribution in [2.24, 2.45) is 0 Å². The lowest BCUT2D eigenvalue weighted by Crippen LogP contribution is -2.29. The molecule has 150 valence electrons. The first-order chi connectivity index (χ1) is 14.7. The Morgan fingerprint density at radius 3 is 2.63 bits per heavy atom. The fourth-order valence-electron chi connectivity index (χ4n) is 3.64.